The van der Waals surface area contributed by atoms with E-state index in [1.165, 1.54) is 4.90 Å². The van der Waals surface area contributed by atoms with Crippen LogP contribution in [0.15, 0.2) is 33.7 Å². The minimum Gasteiger partial charge on any atom is -0.390 e. The van der Waals surface area contributed by atoms with Gasteiger partial charge in [0.15, 0.2) is 0 Å². The third-order valence-electron chi connectivity index (χ3n) is 2.66. The molecule has 20 heavy (non-hydrogen) atoms. The lowest BCUT2D eigenvalue weighted by Gasteiger charge is -2.04. The number of aromatic nitrogens is 2. The average Bonchev–Trinajstić information content (AvgIpc) is 2.88. The molecule has 0 aliphatic heterocycles. The predicted molar refractivity (Wildman–Crippen MR) is 77.7 cm³/mol. The predicted octanol–water partition coefficient (Wildman–Crippen LogP) is 2.40. The number of nitrogens with zero attached hydrogens (tertiary/aromatic N) is 2. The Morgan fingerprint density at radius 3 is 2.75 bits per heavy atom. The molecule has 0 aliphatic carbocycles. The summed E-state index contributed by atoms with van der Waals surface area (Å²) in [5, 5.41) is 13.6. The zero-order valence-electron chi connectivity index (χ0n) is 11.6. The van der Waals surface area contributed by atoms with Gasteiger partial charge in [0.25, 0.3) is 0 Å². The van der Waals surface area contributed by atoms with Gasteiger partial charge in [-0.05, 0) is 30.0 Å². The molecule has 0 fully saturated rings. The van der Waals surface area contributed by atoms with Crippen LogP contribution in [-0.2, 0) is 11.2 Å². The molecular weight excluding hydrogens is 276 g/mol. The highest BCUT2D eigenvalue weighted by molar-refractivity contribution is 7.99. The Balaban J connectivity index is 2.04. The van der Waals surface area contributed by atoms with Gasteiger partial charge < -0.3 is 14.4 Å². The van der Waals surface area contributed by atoms with Crippen molar-refractivity contribution in [3.8, 4) is 11.4 Å². The zero-order chi connectivity index (χ0) is 14.4. The fourth-order valence-electron chi connectivity index (χ4n) is 1.77. The van der Waals surface area contributed by atoms with E-state index in [0.717, 1.165) is 11.3 Å². The Hall–Kier alpha value is -1.37. The number of hydrogen-bond acceptors (Lipinski definition) is 6. The first-order valence-electron chi connectivity index (χ1n) is 6.45. The SMILES string of the molecule is CCSc1ccc(-c2noc(CC(O)COC)n2)cc1. The second kappa shape index (κ2) is 7.42. The highest BCUT2D eigenvalue weighted by atomic mass is 32.2. The van der Waals surface area contributed by atoms with Gasteiger partial charge in [-0.1, -0.05) is 12.1 Å². The molecule has 0 spiro atoms. The number of benzene rings is 1. The summed E-state index contributed by atoms with van der Waals surface area (Å²) < 4.78 is 9.99. The summed E-state index contributed by atoms with van der Waals surface area (Å²) in [6.07, 6.45) is -0.332. The van der Waals surface area contributed by atoms with Crippen LogP contribution in [0.25, 0.3) is 11.4 Å². The number of aliphatic hydroxyl groups is 1. The van der Waals surface area contributed by atoms with Crippen molar-refractivity contribution in [2.75, 3.05) is 19.5 Å². The number of hydrogen-bond donors (Lipinski definition) is 1. The van der Waals surface area contributed by atoms with Crippen LogP contribution >= 0.6 is 11.8 Å². The monoisotopic (exact) mass is 294 g/mol. The summed E-state index contributed by atoms with van der Waals surface area (Å²) in [6.45, 7) is 2.37. The molecule has 1 atom stereocenters. The molecule has 0 amide bonds. The van der Waals surface area contributed by atoms with Crippen molar-refractivity contribution in [3.63, 3.8) is 0 Å². The molecule has 1 aromatic heterocycles. The van der Waals surface area contributed by atoms with Crippen molar-refractivity contribution >= 4 is 11.8 Å². The smallest absolute Gasteiger partial charge is 0.229 e. The first kappa shape index (κ1) is 15.0. The first-order chi connectivity index (χ1) is 9.72. The van der Waals surface area contributed by atoms with Gasteiger partial charge in [0.2, 0.25) is 11.7 Å². The summed E-state index contributed by atoms with van der Waals surface area (Å²) >= 11 is 1.79. The molecular formula is C14H18N2O3S. The summed E-state index contributed by atoms with van der Waals surface area (Å²) in [5.74, 6) is 2.00. The van der Waals surface area contributed by atoms with Gasteiger partial charge in [0.05, 0.1) is 19.1 Å². The van der Waals surface area contributed by atoms with Gasteiger partial charge >= 0.3 is 0 Å². The van der Waals surface area contributed by atoms with Crippen LogP contribution in [0.3, 0.4) is 0 Å². The number of rotatable bonds is 7. The van der Waals surface area contributed by atoms with E-state index in [9.17, 15) is 5.11 Å². The van der Waals surface area contributed by atoms with Crippen LogP contribution < -0.4 is 0 Å². The van der Waals surface area contributed by atoms with E-state index < -0.39 is 6.10 Å². The number of methoxy groups -OCH3 is 1. The summed E-state index contributed by atoms with van der Waals surface area (Å²) in [5.41, 5.74) is 0.904. The molecule has 5 nitrogen and oxygen atoms in total. The van der Waals surface area contributed by atoms with Gasteiger partial charge in [-0.25, -0.2) is 0 Å². The normalized spacial score (nSPS) is 12.6. The minimum absolute atomic E-state index is 0.251. The summed E-state index contributed by atoms with van der Waals surface area (Å²) in [6, 6.07) is 8.02. The van der Waals surface area contributed by atoms with E-state index in [-0.39, 0.29) is 6.61 Å². The van der Waals surface area contributed by atoms with Crippen LogP contribution in [0.2, 0.25) is 0 Å². The van der Waals surface area contributed by atoms with Gasteiger partial charge in [-0.2, -0.15) is 4.98 Å². The molecule has 2 rings (SSSR count). The topological polar surface area (TPSA) is 68.4 Å². The molecule has 0 bridgehead atoms. The van der Waals surface area contributed by atoms with Crippen molar-refractivity contribution < 1.29 is 14.4 Å². The second-order valence-electron chi connectivity index (χ2n) is 4.28. The van der Waals surface area contributed by atoms with Crippen LogP contribution in [0, 0.1) is 0 Å². The second-order valence-corrected chi connectivity index (χ2v) is 5.62. The van der Waals surface area contributed by atoms with E-state index in [2.05, 4.69) is 17.1 Å². The Bertz CT molecular complexity index is 527. The third-order valence-corrected chi connectivity index (χ3v) is 3.56. The minimum atomic E-state index is -0.628. The van der Waals surface area contributed by atoms with Crippen molar-refractivity contribution in [2.45, 2.75) is 24.3 Å². The van der Waals surface area contributed by atoms with E-state index in [1.54, 1.807) is 18.9 Å². The van der Waals surface area contributed by atoms with E-state index in [4.69, 9.17) is 9.26 Å². The molecule has 1 N–H and O–H groups in total. The lowest BCUT2D eigenvalue weighted by atomic mass is 10.2. The molecule has 6 heteroatoms. The van der Waals surface area contributed by atoms with Gasteiger partial charge in [0, 0.05) is 17.6 Å². The van der Waals surface area contributed by atoms with Crippen molar-refractivity contribution in [2.24, 2.45) is 0 Å². The average molecular weight is 294 g/mol. The van der Waals surface area contributed by atoms with Crippen LogP contribution in [0.4, 0.5) is 0 Å². The van der Waals surface area contributed by atoms with Crippen LogP contribution in [0.5, 0.6) is 0 Å². The molecule has 1 aromatic carbocycles. The standard InChI is InChI=1S/C14H18N2O3S/c1-3-20-12-6-4-10(5-7-12)14-15-13(19-16-14)8-11(17)9-18-2/h4-7,11,17H,3,8-9H2,1-2H3. The highest BCUT2D eigenvalue weighted by Gasteiger charge is 2.13. The quantitative estimate of drug-likeness (QED) is 0.791. The lowest BCUT2D eigenvalue weighted by molar-refractivity contribution is 0.0599. The molecule has 0 saturated carbocycles. The number of ether oxygens (including phenoxy) is 1. The number of thioether (sulfide) groups is 1. The van der Waals surface area contributed by atoms with Crippen molar-refractivity contribution in [1.29, 1.82) is 0 Å². The fraction of sp³-hybridized carbons (Fsp3) is 0.429. The number of aliphatic hydroxyl groups excluding tert-OH is 1. The molecule has 0 saturated heterocycles. The lowest BCUT2D eigenvalue weighted by Crippen LogP contribution is -2.17. The zero-order valence-corrected chi connectivity index (χ0v) is 12.4. The molecule has 0 aliphatic rings. The largest absolute Gasteiger partial charge is 0.390 e. The Morgan fingerprint density at radius 1 is 1.35 bits per heavy atom. The van der Waals surface area contributed by atoms with Gasteiger partial charge in [-0.15, -0.1) is 11.8 Å². The van der Waals surface area contributed by atoms with E-state index in [0.29, 0.717) is 18.1 Å². The fourth-order valence-corrected chi connectivity index (χ4v) is 2.44. The summed E-state index contributed by atoms with van der Waals surface area (Å²) in [4.78, 5) is 5.50. The molecule has 0 radical (unpaired) electrons. The Kier molecular flexibility index (Phi) is 5.58. The molecule has 108 valence electrons. The molecule has 1 unspecified atom stereocenters. The maximum absolute atomic E-state index is 9.62. The van der Waals surface area contributed by atoms with Gasteiger partial charge in [-0.3, -0.25) is 0 Å². The van der Waals surface area contributed by atoms with E-state index >= 15 is 0 Å². The van der Waals surface area contributed by atoms with Crippen molar-refractivity contribution in [3.05, 3.63) is 30.2 Å². The van der Waals surface area contributed by atoms with Crippen LogP contribution in [-0.4, -0.2) is 40.8 Å². The third kappa shape index (κ3) is 4.06. The van der Waals surface area contributed by atoms with Gasteiger partial charge in [0.1, 0.15) is 0 Å². The highest BCUT2D eigenvalue weighted by Crippen LogP contribution is 2.22. The maximum atomic E-state index is 9.62. The Morgan fingerprint density at radius 2 is 2.10 bits per heavy atom. The summed E-state index contributed by atoms with van der Waals surface area (Å²) in [7, 11) is 1.54. The van der Waals surface area contributed by atoms with Crippen molar-refractivity contribution in [1.82, 2.24) is 10.1 Å². The van der Waals surface area contributed by atoms with Crippen LogP contribution in [0.1, 0.15) is 12.8 Å². The first-order valence-corrected chi connectivity index (χ1v) is 7.44. The van der Waals surface area contributed by atoms with E-state index in [1.807, 2.05) is 24.3 Å². The molecule has 1 heterocycles. The molecule has 2 aromatic rings. The Labute approximate surface area is 122 Å². The maximum Gasteiger partial charge on any atom is 0.229 e.